The molecule has 0 atom stereocenters. The Morgan fingerprint density at radius 1 is 1.04 bits per heavy atom. The van der Waals surface area contributed by atoms with Gasteiger partial charge in [-0.05, 0) is 49.2 Å². The molecule has 0 heterocycles. The molecule has 0 aliphatic rings. The van der Waals surface area contributed by atoms with Crippen LogP contribution in [0.1, 0.15) is 16.7 Å². The Bertz CT molecular complexity index is 1030. The monoisotopic (exact) mass is 402 g/mol. The number of ether oxygens (including phenoxy) is 3. The highest BCUT2D eigenvalue weighted by molar-refractivity contribution is 7.97. The van der Waals surface area contributed by atoms with Crippen LogP contribution in [0.25, 0.3) is 6.08 Å². The first-order valence-electron chi connectivity index (χ1n) is 8.27. The van der Waals surface area contributed by atoms with Crippen molar-refractivity contribution in [2.45, 2.75) is 13.8 Å². The van der Waals surface area contributed by atoms with Crippen molar-refractivity contribution in [3.63, 3.8) is 0 Å². The van der Waals surface area contributed by atoms with E-state index in [1.807, 2.05) is 13.0 Å². The van der Waals surface area contributed by atoms with Crippen LogP contribution in [0.2, 0.25) is 0 Å². The fourth-order valence-electron chi connectivity index (χ4n) is 2.63. The van der Waals surface area contributed by atoms with Gasteiger partial charge in [-0.15, -0.1) is 0 Å². The van der Waals surface area contributed by atoms with Crippen molar-refractivity contribution < 1.29 is 22.6 Å². The van der Waals surface area contributed by atoms with Crippen molar-refractivity contribution in [3.05, 3.63) is 51.9 Å². The second-order valence-corrected chi connectivity index (χ2v) is 7.65. The number of methoxy groups -OCH3 is 3. The van der Waals surface area contributed by atoms with E-state index in [2.05, 4.69) is 4.72 Å². The van der Waals surface area contributed by atoms with Crippen LogP contribution in [0.15, 0.2) is 35.2 Å². The summed E-state index contributed by atoms with van der Waals surface area (Å²) in [7, 11) is 0.296. The van der Waals surface area contributed by atoms with Crippen molar-refractivity contribution >= 4 is 21.8 Å². The minimum atomic E-state index is -4.08. The van der Waals surface area contributed by atoms with Gasteiger partial charge in [0, 0.05) is 0 Å². The van der Waals surface area contributed by atoms with Crippen molar-refractivity contribution in [2.24, 2.45) is 0 Å². The normalized spacial score (nSPS) is 11.5. The molecule has 0 aliphatic carbocycles. The maximum Gasteiger partial charge on any atom is 0.272 e. The minimum Gasteiger partial charge on any atom is -0.493 e. The Labute approximate surface area is 165 Å². The standard InChI is InChI=1S/C20H22N2O5S/c1-13-6-7-17(14(2)8-13)22-28(23,24)16(12-21)9-15-10-18(25-3)20(27-5)19(11-15)26-4/h6-11,22H,1-5H3/b16-9-. The first-order valence-corrected chi connectivity index (χ1v) is 9.76. The van der Waals surface area contributed by atoms with E-state index in [0.29, 0.717) is 28.5 Å². The maximum absolute atomic E-state index is 12.7. The highest BCUT2D eigenvalue weighted by atomic mass is 32.2. The van der Waals surface area contributed by atoms with E-state index in [4.69, 9.17) is 14.2 Å². The van der Waals surface area contributed by atoms with Crippen molar-refractivity contribution in [1.29, 1.82) is 5.26 Å². The quantitative estimate of drug-likeness (QED) is 0.710. The lowest BCUT2D eigenvalue weighted by atomic mass is 10.1. The lowest BCUT2D eigenvalue weighted by Gasteiger charge is -2.13. The van der Waals surface area contributed by atoms with Crippen LogP contribution in [0.5, 0.6) is 17.2 Å². The van der Waals surface area contributed by atoms with Gasteiger partial charge in [-0.3, -0.25) is 4.72 Å². The summed E-state index contributed by atoms with van der Waals surface area (Å²) in [6.07, 6.45) is 1.25. The topological polar surface area (TPSA) is 97.7 Å². The molecule has 0 unspecified atom stereocenters. The van der Waals surface area contributed by atoms with E-state index in [0.717, 1.165) is 11.1 Å². The zero-order valence-corrected chi connectivity index (χ0v) is 17.2. The van der Waals surface area contributed by atoms with Gasteiger partial charge in [-0.25, -0.2) is 8.42 Å². The Hall–Kier alpha value is -3.18. The largest absolute Gasteiger partial charge is 0.493 e. The van der Waals surface area contributed by atoms with Crippen molar-refractivity contribution in [1.82, 2.24) is 0 Å². The Kier molecular flexibility index (Phi) is 6.54. The zero-order valence-electron chi connectivity index (χ0n) is 16.4. The van der Waals surface area contributed by atoms with Gasteiger partial charge in [0.05, 0.1) is 27.0 Å². The predicted octanol–water partition coefficient (Wildman–Crippen LogP) is 3.64. The summed E-state index contributed by atoms with van der Waals surface area (Å²) >= 11 is 0. The number of anilines is 1. The van der Waals surface area contributed by atoms with Crippen molar-refractivity contribution in [2.75, 3.05) is 26.1 Å². The maximum atomic E-state index is 12.7. The summed E-state index contributed by atoms with van der Waals surface area (Å²) in [5.74, 6) is 1.08. The molecule has 0 spiro atoms. The van der Waals surface area contributed by atoms with Crippen LogP contribution in [0, 0.1) is 25.2 Å². The third kappa shape index (κ3) is 4.56. The lowest BCUT2D eigenvalue weighted by Crippen LogP contribution is -2.15. The van der Waals surface area contributed by atoms with Crippen LogP contribution in [-0.4, -0.2) is 29.7 Å². The molecule has 0 aromatic heterocycles. The van der Waals surface area contributed by atoms with Gasteiger partial charge in [-0.1, -0.05) is 17.7 Å². The molecule has 0 fully saturated rings. The molecule has 1 N–H and O–H groups in total. The number of hydrogen-bond donors (Lipinski definition) is 1. The molecular formula is C20H22N2O5S. The fourth-order valence-corrected chi connectivity index (χ4v) is 3.67. The van der Waals surface area contributed by atoms with Crippen LogP contribution < -0.4 is 18.9 Å². The van der Waals surface area contributed by atoms with Gasteiger partial charge in [0.1, 0.15) is 6.07 Å². The molecule has 2 rings (SSSR count). The molecule has 0 bridgehead atoms. The molecule has 0 aliphatic heterocycles. The van der Waals surface area contributed by atoms with E-state index in [-0.39, 0.29) is 0 Å². The van der Waals surface area contributed by atoms with E-state index in [1.54, 1.807) is 37.3 Å². The van der Waals surface area contributed by atoms with Gasteiger partial charge in [0.15, 0.2) is 16.4 Å². The number of sulfonamides is 1. The Morgan fingerprint density at radius 3 is 2.11 bits per heavy atom. The van der Waals surface area contributed by atoms with E-state index in [9.17, 15) is 13.7 Å². The minimum absolute atomic E-state index is 0.352. The average molecular weight is 402 g/mol. The third-order valence-corrected chi connectivity index (χ3v) is 5.29. The van der Waals surface area contributed by atoms with E-state index < -0.39 is 14.9 Å². The van der Waals surface area contributed by atoms with Crippen LogP contribution in [0.3, 0.4) is 0 Å². The number of nitrogens with one attached hydrogen (secondary N) is 1. The number of benzene rings is 2. The first-order chi connectivity index (χ1) is 13.2. The van der Waals surface area contributed by atoms with Gasteiger partial charge in [0.2, 0.25) is 5.75 Å². The van der Waals surface area contributed by atoms with Crippen molar-refractivity contribution in [3.8, 4) is 23.3 Å². The van der Waals surface area contributed by atoms with Crippen LogP contribution >= 0.6 is 0 Å². The Balaban J connectivity index is 2.49. The molecule has 8 heteroatoms. The number of nitriles is 1. The summed E-state index contributed by atoms with van der Waals surface area (Å²) in [6.45, 7) is 3.70. The number of rotatable bonds is 7. The van der Waals surface area contributed by atoms with Gasteiger partial charge in [-0.2, -0.15) is 5.26 Å². The molecule has 148 valence electrons. The highest BCUT2D eigenvalue weighted by Gasteiger charge is 2.20. The summed E-state index contributed by atoms with van der Waals surface area (Å²) in [5, 5.41) is 9.44. The summed E-state index contributed by atoms with van der Waals surface area (Å²) < 4.78 is 43.7. The molecule has 2 aromatic carbocycles. The molecule has 0 saturated heterocycles. The molecule has 0 amide bonds. The van der Waals surface area contributed by atoms with Gasteiger partial charge in [0.25, 0.3) is 10.0 Å². The van der Waals surface area contributed by atoms with Crippen LogP contribution in [0.4, 0.5) is 5.69 Å². The SMILES string of the molecule is COc1cc(/C=C(/C#N)S(=O)(=O)Nc2ccc(C)cc2C)cc(OC)c1OC. The average Bonchev–Trinajstić information content (AvgIpc) is 2.67. The van der Waals surface area contributed by atoms with Crippen LogP contribution in [-0.2, 0) is 10.0 Å². The lowest BCUT2D eigenvalue weighted by molar-refractivity contribution is 0.324. The van der Waals surface area contributed by atoms with Gasteiger partial charge < -0.3 is 14.2 Å². The number of hydrogen-bond acceptors (Lipinski definition) is 6. The molecular weight excluding hydrogens is 380 g/mol. The Morgan fingerprint density at radius 2 is 1.64 bits per heavy atom. The van der Waals surface area contributed by atoms with E-state index in [1.165, 1.54) is 27.4 Å². The second-order valence-electron chi connectivity index (χ2n) is 6.00. The fraction of sp³-hybridized carbons (Fsp3) is 0.250. The molecule has 28 heavy (non-hydrogen) atoms. The van der Waals surface area contributed by atoms with Gasteiger partial charge >= 0.3 is 0 Å². The third-order valence-electron chi connectivity index (χ3n) is 4.01. The number of nitrogens with zero attached hydrogens (tertiary/aromatic N) is 1. The van der Waals surface area contributed by atoms with E-state index >= 15 is 0 Å². The second kappa shape index (κ2) is 8.67. The number of allylic oxidation sites excluding steroid dienone is 1. The highest BCUT2D eigenvalue weighted by Crippen LogP contribution is 2.39. The first kappa shape index (κ1) is 21.1. The number of aryl methyl sites for hydroxylation is 2. The molecule has 0 radical (unpaired) electrons. The zero-order chi connectivity index (χ0) is 20.9. The summed E-state index contributed by atoms with van der Waals surface area (Å²) in [5.41, 5.74) is 2.59. The molecule has 7 nitrogen and oxygen atoms in total. The molecule has 0 saturated carbocycles. The predicted molar refractivity (Wildman–Crippen MR) is 108 cm³/mol. The molecule has 2 aromatic rings. The smallest absolute Gasteiger partial charge is 0.272 e. The summed E-state index contributed by atoms with van der Waals surface area (Å²) in [4.78, 5) is -0.443. The summed E-state index contributed by atoms with van der Waals surface area (Å²) in [6, 6.07) is 10.2.